The number of anilines is 2. The van der Waals surface area contributed by atoms with E-state index in [1.54, 1.807) is 6.26 Å². The third-order valence-corrected chi connectivity index (χ3v) is 6.12. The number of aryl methyl sites for hydroxylation is 1. The van der Waals surface area contributed by atoms with Crippen LogP contribution in [-0.4, -0.2) is 55.1 Å². The molecule has 0 saturated carbocycles. The van der Waals surface area contributed by atoms with Crippen LogP contribution in [0.25, 0.3) is 11.0 Å². The lowest BCUT2D eigenvalue weighted by Crippen LogP contribution is -2.46. The summed E-state index contributed by atoms with van der Waals surface area (Å²) in [5.41, 5.74) is 3.27. The molecule has 162 valence electrons. The molecule has 1 fully saturated rings. The first-order valence-electron chi connectivity index (χ1n) is 11.1. The van der Waals surface area contributed by atoms with Crippen molar-refractivity contribution in [3.8, 4) is 5.88 Å². The number of hydrogen-bond donors (Lipinski definition) is 1. The highest BCUT2D eigenvalue weighted by atomic mass is 16.5. The Morgan fingerprint density at radius 1 is 1.03 bits per heavy atom. The van der Waals surface area contributed by atoms with Gasteiger partial charge in [-0.1, -0.05) is 12.1 Å². The topological polar surface area (TPSA) is 70.8 Å². The molecule has 1 N–H and O–H groups in total. The van der Waals surface area contributed by atoms with Gasteiger partial charge in [0.05, 0.1) is 18.6 Å². The van der Waals surface area contributed by atoms with Crippen molar-refractivity contribution >= 4 is 28.4 Å². The van der Waals surface area contributed by atoms with Gasteiger partial charge in [0.15, 0.2) is 5.58 Å². The van der Waals surface area contributed by atoms with E-state index in [-0.39, 0.29) is 5.91 Å². The van der Waals surface area contributed by atoms with Gasteiger partial charge in [-0.05, 0) is 49.6 Å². The molecule has 5 rings (SSSR count). The number of fused-ring (bicyclic) bond motifs is 2. The number of ether oxygens (including phenoxy) is 1. The van der Waals surface area contributed by atoms with E-state index in [4.69, 9.17) is 9.15 Å². The molecule has 2 aliphatic heterocycles. The van der Waals surface area contributed by atoms with Crippen molar-refractivity contribution in [2.24, 2.45) is 0 Å². The van der Waals surface area contributed by atoms with Gasteiger partial charge in [0.25, 0.3) is 0 Å². The van der Waals surface area contributed by atoms with Gasteiger partial charge in [0.2, 0.25) is 11.8 Å². The standard InChI is InChI=1S/C24H28N4O3/c29-21-8-6-19-7-9-22(26-24(19)25-21)30-16-2-1-11-27-12-14-28(15-13-27)20-5-3-4-18-10-17-31-23(18)20/h3-5,7,9-10,17H,1-2,6,8,11-16H2,(H,25,26,29). The molecule has 1 saturated heterocycles. The Morgan fingerprint density at radius 2 is 1.94 bits per heavy atom. The highest BCUT2D eigenvalue weighted by molar-refractivity contribution is 5.92. The molecule has 7 heteroatoms. The average Bonchev–Trinajstić information content (AvgIpc) is 3.28. The molecule has 7 nitrogen and oxygen atoms in total. The summed E-state index contributed by atoms with van der Waals surface area (Å²) in [6, 6.07) is 12.3. The zero-order valence-corrected chi connectivity index (χ0v) is 17.7. The first-order valence-corrected chi connectivity index (χ1v) is 11.1. The van der Waals surface area contributed by atoms with Crippen molar-refractivity contribution in [2.75, 3.05) is 49.5 Å². The van der Waals surface area contributed by atoms with Gasteiger partial charge < -0.3 is 19.4 Å². The number of pyridine rings is 1. The Labute approximate surface area is 182 Å². The number of para-hydroxylation sites is 1. The van der Waals surface area contributed by atoms with Gasteiger partial charge in [-0.25, -0.2) is 0 Å². The number of rotatable bonds is 7. The number of amides is 1. The summed E-state index contributed by atoms with van der Waals surface area (Å²) < 4.78 is 11.5. The summed E-state index contributed by atoms with van der Waals surface area (Å²) in [7, 11) is 0. The molecule has 0 atom stereocenters. The molecular weight excluding hydrogens is 392 g/mol. The summed E-state index contributed by atoms with van der Waals surface area (Å²) in [4.78, 5) is 20.9. The molecule has 1 aromatic carbocycles. The van der Waals surface area contributed by atoms with Gasteiger partial charge in [-0.15, -0.1) is 0 Å². The van der Waals surface area contributed by atoms with Gasteiger partial charge in [0, 0.05) is 44.1 Å². The number of unbranched alkanes of at least 4 members (excludes halogenated alkanes) is 1. The van der Waals surface area contributed by atoms with Crippen LogP contribution < -0.4 is 15.0 Å². The summed E-state index contributed by atoms with van der Waals surface area (Å²) in [6.07, 6.45) is 5.12. The Bertz CT molecular complexity index is 1060. The number of aromatic nitrogens is 1. The number of piperazine rings is 1. The van der Waals surface area contributed by atoms with E-state index >= 15 is 0 Å². The van der Waals surface area contributed by atoms with Crippen molar-refractivity contribution in [1.82, 2.24) is 9.88 Å². The second kappa shape index (κ2) is 8.98. The summed E-state index contributed by atoms with van der Waals surface area (Å²) in [5, 5.41) is 3.98. The maximum atomic E-state index is 11.5. The largest absolute Gasteiger partial charge is 0.478 e. The molecule has 3 aromatic rings. The Morgan fingerprint density at radius 3 is 2.84 bits per heavy atom. The lowest BCUT2D eigenvalue weighted by molar-refractivity contribution is -0.116. The normalized spacial score (nSPS) is 16.9. The minimum atomic E-state index is 0.0260. The molecule has 1 amide bonds. The zero-order chi connectivity index (χ0) is 21.0. The Balaban J connectivity index is 1.03. The van der Waals surface area contributed by atoms with E-state index in [0.717, 1.165) is 68.5 Å². The number of carbonyl (C=O) groups excluding carboxylic acids is 1. The smallest absolute Gasteiger partial charge is 0.225 e. The number of carbonyl (C=O) groups is 1. The molecular formula is C24H28N4O3. The number of benzene rings is 1. The molecule has 4 heterocycles. The molecule has 2 aromatic heterocycles. The predicted molar refractivity (Wildman–Crippen MR) is 121 cm³/mol. The molecule has 0 radical (unpaired) electrons. The van der Waals surface area contributed by atoms with Crippen LogP contribution in [0, 0.1) is 0 Å². The van der Waals surface area contributed by atoms with E-state index in [9.17, 15) is 4.79 Å². The van der Waals surface area contributed by atoms with Crippen molar-refractivity contribution in [3.63, 3.8) is 0 Å². The van der Waals surface area contributed by atoms with Crippen molar-refractivity contribution in [2.45, 2.75) is 25.7 Å². The van der Waals surface area contributed by atoms with Crippen LogP contribution in [-0.2, 0) is 11.2 Å². The number of nitrogens with one attached hydrogen (secondary N) is 1. The summed E-state index contributed by atoms with van der Waals surface area (Å²) in [5.74, 6) is 1.26. The average molecular weight is 421 g/mol. The van der Waals surface area contributed by atoms with Crippen LogP contribution in [0.3, 0.4) is 0 Å². The minimum Gasteiger partial charge on any atom is -0.478 e. The van der Waals surface area contributed by atoms with Crippen LogP contribution in [0.2, 0.25) is 0 Å². The third-order valence-electron chi connectivity index (χ3n) is 6.12. The van der Waals surface area contributed by atoms with E-state index in [2.05, 4.69) is 38.3 Å². The molecule has 0 unspecified atom stereocenters. The second-order valence-electron chi connectivity index (χ2n) is 8.21. The molecule has 0 spiro atoms. The van der Waals surface area contributed by atoms with Gasteiger partial charge in [0.1, 0.15) is 5.82 Å². The van der Waals surface area contributed by atoms with Crippen LogP contribution >= 0.6 is 0 Å². The van der Waals surface area contributed by atoms with E-state index in [1.807, 2.05) is 18.2 Å². The summed E-state index contributed by atoms with van der Waals surface area (Å²) in [6.45, 7) is 5.87. The first-order chi connectivity index (χ1) is 15.3. The van der Waals surface area contributed by atoms with Crippen LogP contribution in [0.5, 0.6) is 5.88 Å². The van der Waals surface area contributed by atoms with Crippen LogP contribution in [0.15, 0.2) is 47.1 Å². The van der Waals surface area contributed by atoms with Gasteiger partial charge in [-0.2, -0.15) is 4.98 Å². The van der Waals surface area contributed by atoms with E-state index in [1.165, 1.54) is 5.69 Å². The van der Waals surface area contributed by atoms with Crippen LogP contribution in [0.1, 0.15) is 24.8 Å². The monoisotopic (exact) mass is 420 g/mol. The Kier molecular flexibility index (Phi) is 5.76. The van der Waals surface area contributed by atoms with E-state index in [0.29, 0.717) is 24.7 Å². The van der Waals surface area contributed by atoms with Crippen molar-refractivity contribution < 1.29 is 13.9 Å². The molecule has 0 bridgehead atoms. The van der Waals surface area contributed by atoms with Crippen LogP contribution in [0.4, 0.5) is 11.5 Å². The lowest BCUT2D eigenvalue weighted by atomic mass is 10.1. The highest BCUT2D eigenvalue weighted by Crippen LogP contribution is 2.28. The number of hydrogen-bond acceptors (Lipinski definition) is 6. The molecule has 0 aliphatic carbocycles. The first kappa shape index (κ1) is 19.9. The maximum absolute atomic E-state index is 11.5. The third kappa shape index (κ3) is 4.51. The fraction of sp³-hybridized carbons (Fsp3) is 0.417. The SMILES string of the molecule is O=C1CCc2ccc(OCCCCN3CCN(c4cccc5ccoc45)CC3)nc2N1. The zero-order valence-electron chi connectivity index (χ0n) is 17.7. The van der Waals surface area contributed by atoms with Crippen molar-refractivity contribution in [3.05, 3.63) is 48.2 Å². The predicted octanol–water partition coefficient (Wildman–Crippen LogP) is 3.69. The Hall–Kier alpha value is -3.06. The quantitative estimate of drug-likeness (QED) is 0.588. The number of nitrogens with zero attached hydrogens (tertiary/aromatic N) is 3. The summed E-state index contributed by atoms with van der Waals surface area (Å²) >= 11 is 0. The van der Waals surface area contributed by atoms with E-state index < -0.39 is 0 Å². The van der Waals surface area contributed by atoms with Gasteiger partial charge >= 0.3 is 0 Å². The minimum absolute atomic E-state index is 0.0260. The second-order valence-corrected chi connectivity index (χ2v) is 8.21. The molecule has 2 aliphatic rings. The fourth-order valence-corrected chi connectivity index (χ4v) is 4.36. The highest BCUT2D eigenvalue weighted by Gasteiger charge is 2.19. The van der Waals surface area contributed by atoms with Gasteiger partial charge in [-0.3, -0.25) is 9.69 Å². The fourth-order valence-electron chi connectivity index (χ4n) is 4.36. The van der Waals surface area contributed by atoms with Crippen molar-refractivity contribution in [1.29, 1.82) is 0 Å². The molecule has 31 heavy (non-hydrogen) atoms. The lowest BCUT2D eigenvalue weighted by Gasteiger charge is -2.36. The maximum Gasteiger partial charge on any atom is 0.225 e. The number of furan rings is 1.